The minimum absolute atomic E-state index is 0.0832. The largest absolute Gasteiger partial charge is 0.354 e. The van der Waals surface area contributed by atoms with Crippen LogP contribution in [0.15, 0.2) is 36.4 Å². The van der Waals surface area contributed by atoms with E-state index in [-0.39, 0.29) is 18.0 Å². The van der Waals surface area contributed by atoms with Gasteiger partial charge in [-0.3, -0.25) is 9.59 Å². The van der Waals surface area contributed by atoms with Crippen molar-refractivity contribution in [3.8, 4) is 0 Å². The predicted octanol–water partition coefficient (Wildman–Crippen LogP) is 3.64. The van der Waals surface area contributed by atoms with Crippen LogP contribution >= 0.6 is 0 Å². The van der Waals surface area contributed by atoms with Crippen molar-refractivity contribution >= 4 is 17.5 Å². The van der Waals surface area contributed by atoms with E-state index >= 15 is 0 Å². The fourth-order valence-electron chi connectivity index (χ4n) is 4.21. The average molecular weight is 377 g/mol. The second-order valence-corrected chi connectivity index (χ2v) is 7.92. The first-order chi connectivity index (χ1) is 13.5. The molecule has 2 aromatic carbocycles. The van der Waals surface area contributed by atoms with Gasteiger partial charge in [-0.1, -0.05) is 18.2 Å². The van der Waals surface area contributed by atoms with Crippen molar-refractivity contribution in [3.63, 3.8) is 0 Å². The lowest BCUT2D eigenvalue weighted by Crippen LogP contribution is -2.55. The van der Waals surface area contributed by atoms with Crippen LogP contribution in [0.1, 0.15) is 56.7 Å². The Hall–Kier alpha value is -2.82. The monoisotopic (exact) mass is 377 g/mol. The number of piperidine rings is 1. The first-order valence-corrected chi connectivity index (χ1v) is 9.98. The molecule has 1 fully saturated rings. The van der Waals surface area contributed by atoms with E-state index in [2.05, 4.69) is 36.2 Å². The summed E-state index contributed by atoms with van der Waals surface area (Å²) in [6.07, 6.45) is 3.27. The number of aryl methyl sites for hydroxylation is 2. The van der Waals surface area contributed by atoms with Crippen molar-refractivity contribution < 1.29 is 9.59 Å². The van der Waals surface area contributed by atoms with E-state index in [1.807, 2.05) is 24.1 Å². The number of benzene rings is 2. The third-order valence-corrected chi connectivity index (χ3v) is 6.07. The highest BCUT2D eigenvalue weighted by Gasteiger charge is 2.37. The van der Waals surface area contributed by atoms with Crippen molar-refractivity contribution in [2.24, 2.45) is 0 Å². The molecule has 2 amide bonds. The summed E-state index contributed by atoms with van der Waals surface area (Å²) in [7, 11) is 2.02. The highest BCUT2D eigenvalue weighted by molar-refractivity contribution is 6.04. The molecule has 1 N–H and O–H groups in total. The summed E-state index contributed by atoms with van der Waals surface area (Å²) >= 11 is 0. The first kappa shape index (κ1) is 18.5. The molecular weight excluding hydrogens is 350 g/mol. The lowest BCUT2D eigenvalue weighted by atomic mass is 9.97. The molecule has 2 aromatic rings. The maximum absolute atomic E-state index is 12.8. The fourth-order valence-corrected chi connectivity index (χ4v) is 4.21. The summed E-state index contributed by atoms with van der Waals surface area (Å²) in [4.78, 5) is 29.7. The summed E-state index contributed by atoms with van der Waals surface area (Å²) in [6, 6.07) is 11.6. The molecule has 0 unspecified atom stereocenters. The van der Waals surface area contributed by atoms with Crippen LogP contribution in [0.4, 0.5) is 5.69 Å². The van der Waals surface area contributed by atoms with Gasteiger partial charge in [0, 0.05) is 25.7 Å². The van der Waals surface area contributed by atoms with Crippen molar-refractivity contribution in [1.29, 1.82) is 0 Å². The molecule has 0 aliphatic carbocycles. The molecule has 5 nitrogen and oxygen atoms in total. The third-order valence-electron chi connectivity index (χ3n) is 6.07. The quantitative estimate of drug-likeness (QED) is 0.889. The van der Waals surface area contributed by atoms with E-state index < -0.39 is 0 Å². The van der Waals surface area contributed by atoms with Gasteiger partial charge in [0.2, 0.25) is 0 Å². The van der Waals surface area contributed by atoms with E-state index in [0.29, 0.717) is 17.7 Å². The fraction of sp³-hybridized carbons (Fsp3) is 0.391. The number of hydrogen-bond acceptors (Lipinski definition) is 3. The molecule has 28 heavy (non-hydrogen) atoms. The van der Waals surface area contributed by atoms with Gasteiger partial charge in [0.1, 0.15) is 6.17 Å². The van der Waals surface area contributed by atoms with Crippen molar-refractivity contribution in [3.05, 3.63) is 64.2 Å². The lowest BCUT2D eigenvalue weighted by molar-refractivity contribution is 0.0589. The summed E-state index contributed by atoms with van der Waals surface area (Å²) in [6.45, 7) is 5.45. The normalized spacial score (nSPS) is 18.5. The average Bonchev–Trinajstić information content (AvgIpc) is 2.72. The molecule has 0 radical (unpaired) electrons. The van der Waals surface area contributed by atoms with Crippen molar-refractivity contribution in [1.82, 2.24) is 10.2 Å². The second kappa shape index (κ2) is 7.30. The van der Waals surface area contributed by atoms with E-state index in [9.17, 15) is 9.59 Å². The molecule has 1 saturated heterocycles. The Kier molecular flexibility index (Phi) is 4.84. The Morgan fingerprint density at radius 3 is 2.71 bits per heavy atom. The molecule has 4 rings (SSSR count). The van der Waals surface area contributed by atoms with Gasteiger partial charge in [-0.15, -0.1) is 0 Å². The molecule has 2 aliphatic heterocycles. The van der Waals surface area contributed by atoms with Gasteiger partial charge in [0.05, 0.1) is 11.3 Å². The van der Waals surface area contributed by atoms with Crippen molar-refractivity contribution in [2.75, 3.05) is 18.5 Å². The SMILES string of the molecule is Cc1ccc(CNC(=O)c2ccc3c(c2)N(C)[C@H]2CCCCN2C3=O)cc1C. The summed E-state index contributed by atoms with van der Waals surface area (Å²) in [5.74, 6) is -0.0344. The molecule has 5 heteroatoms. The van der Waals surface area contributed by atoms with Crippen LogP contribution in [0.2, 0.25) is 0 Å². The number of anilines is 1. The van der Waals surface area contributed by atoms with Gasteiger partial charge in [-0.05, 0) is 68.0 Å². The summed E-state index contributed by atoms with van der Waals surface area (Å²) < 4.78 is 0. The topological polar surface area (TPSA) is 52.7 Å². The highest BCUT2D eigenvalue weighted by Crippen LogP contribution is 2.34. The second-order valence-electron chi connectivity index (χ2n) is 7.92. The highest BCUT2D eigenvalue weighted by atomic mass is 16.2. The first-order valence-electron chi connectivity index (χ1n) is 9.98. The zero-order valence-corrected chi connectivity index (χ0v) is 16.8. The maximum Gasteiger partial charge on any atom is 0.257 e. The Balaban J connectivity index is 1.53. The summed E-state index contributed by atoms with van der Waals surface area (Å²) in [5.41, 5.74) is 5.68. The number of rotatable bonds is 3. The van der Waals surface area contributed by atoms with Crippen LogP contribution < -0.4 is 10.2 Å². The molecule has 146 valence electrons. The molecule has 0 spiro atoms. The smallest absolute Gasteiger partial charge is 0.257 e. The van der Waals surface area contributed by atoms with Crippen molar-refractivity contribution in [2.45, 2.75) is 45.8 Å². The number of hydrogen-bond donors (Lipinski definition) is 1. The van der Waals surface area contributed by atoms with Crippen LogP contribution in [0.25, 0.3) is 0 Å². The molecule has 2 heterocycles. The number of amides is 2. The number of fused-ring (bicyclic) bond motifs is 2. The summed E-state index contributed by atoms with van der Waals surface area (Å²) in [5, 5.41) is 3.00. The lowest BCUT2D eigenvalue weighted by Gasteiger charge is -2.46. The minimum atomic E-state index is -0.118. The standard InChI is InChI=1S/C23H27N3O2/c1-15-7-8-17(12-16(15)2)14-24-22(27)18-9-10-19-20(13-18)25(3)21-6-4-5-11-26(21)23(19)28/h7-10,12-13,21H,4-6,11,14H2,1-3H3,(H,24,27)/t21-/m1/s1. The van der Waals surface area contributed by atoms with Gasteiger partial charge in [-0.25, -0.2) is 0 Å². The zero-order chi connectivity index (χ0) is 19.8. The molecule has 0 aromatic heterocycles. The maximum atomic E-state index is 12.8. The van der Waals surface area contributed by atoms with E-state index in [1.54, 1.807) is 12.1 Å². The van der Waals surface area contributed by atoms with Crippen LogP contribution in [0.3, 0.4) is 0 Å². The zero-order valence-electron chi connectivity index (χ0n) is 16.8. The van der Waals surface area contributed by atoms with E-state index in [1.165, 1.54) is 11.1 Å². The van der Waals surface area contributed by atoms with Gasteiger partial charge in [0.15, 0.2) is 0 Å². The Morgan fingerprint density at radius 2 is 1.93 bits per heavy atom. The number of carbonyl (C=O) groups excluding carboxylic acids is 2. The molecule has 0 saturated carbocycles. The number of carbonyl (C=O) groups is 2. The predicted molar refractivity (Wildman–Crippen MR) is 111 cm³/mol. The van der Waals surface area contributed by atoms with E-state index in [0.717, 1.165) is 37.1 Å². The molecule has 2 aliphatic rings. The van der Waals surface area contributed by atoms with Gasteiger partial charge < -0.3 is 15.1 Å². The van der Waals surface area contributed by atoms with Gasteiger partial charge in [-0.2, -0.15) is 0 Å². The Bertz CT molecular complexity index is 937. The van der Waals surface area contributed by atoms with Crippen LogP contribution in [0, 0.1) is 13.8 Å². The van der Waals surface area contributed by atoms with Crippen LogP contribution in [-0.4, -0.2) is 36.5 Å². The molecule has 0 bridgehead atoms. The van der Waals surface area contributed by atoms with E-state index in [4.69, 9.17) is 0 Å². The Labute approximate surface area is 166 Å². The Morgan fingerprint density at radius 1 is 1.11 bits per heavy atom. The van der Waals surface area contributed by atoms with Gasteiger partial charge in [0.25, 0.3) is 11.8 Å². The minimum Gasteiger partial charge on any atom is -0.354 e. The molecule has 1 atom stereocenters. The van der Waals surface area contributed by atoms with Crippen LogP contribution in [-0.2, 0) is 6.54 Å². The third kappa shape index (κ3) is 3.26. The van der Waals surface area contributed by atoms with Gasteiger partial charge >= 0.3 is 0 Å². The number of nitrogens with one attached hydrogen (secondary N) is 1. The number of nitrogens with zero attached hydrogens (tertiary/aromatic N) is 2. The van der Waals surface area contributed by atoms with Crippen LogP contribution in [0.5, 0.6) is 0 Å². The molecular formula is C23H27N3O2.